The second-order valence-electron chi connectivity index (χ2n) is 7.23. The van der Waals surface area contributed by atoms with Gasteiger partial charge in [0.25, 0.3) is 5.91 Å². The van der Waals surface area contributed by atoms with Gasteiger partial charge in [0.1, 0.15) is 5.69 Å². The Morgan fingerprint density at radius 2 is 1.89 bits per heavy atom. The minimum absolute atomic E-state index is 0.0466. The molecule has 0 atom stereocenters. The largest absolute Gasteiger partial charge is 0.321 e. The summed E-state index contributed by atoms with van der Waals surface area (Å²) >= 11 is 0. The number of hydrogen-bond acceptors (Lipinski definition) is 4. The summed E-state index contributed by atoms with van der Waals surface area (Å²) in [4.78, 5) is 13.0. The SMILES string of the molecule is NS(=O)(=O)c1cccc(NC(=O)c2c3ccccc3nn2CC2CCCC2)c1. The molecule has 4 rings (SSSR count). The van der Waals surface area contributed by atoms with Gasteiger partial charge in [0.2, 0.25) is 10.0 Å². The lowest BCUT2D eigenvalue weighted by Gasteiger charge is -2.13. The quantitative estimate of drug-likeness (QED) is 0.688. The molecule has 0 aliphatic heterocycles. The molecule has 0 radical (unpaired) electrons. The Labute approximate surface area is 163 Å². The molecule has 7 nitrogen and oxygen atoms in total. The van der Waals surface area contributed by atoms with Gasteiger partial charge in [0.05, 0.1) is 10.4 Å². The molecule has 0 spiro atoms. The third-order valence-electron chi connectivity index (χ3n) is 5.19. The van der Waals surface area contributed by atoms with Crippen LogP contribution in [0.15, 0.2) is 53.4 Å². The van der Waals surface area contributed by atoms with E-state index in [1.165, 1.54) is 25.0 Å². The first-order valence-corrected chi connectivity index (χ1v) is 10.9. The van der Waals surface area contributed by atoms with Gasteiger partial charge in [0, 0.05) is 17.6 Å². The van der Waals surface area contributed by atoms with Gasteiger partial charge >= 0.3 is 0 Å². The number of nitrogens with zero attached hydrogens (tertiary/aromatic N) is 2. The van der Waals surface area contributed by atoms with Crippen LogP contribution in [0.25, 0.3) is 10.9 Å². The number of rotatable bonds is 5. The Hall–Kier alpha value is -2.71. The van der Waals surface area contributed by atoms with Gasteiger partial charge in [-0.05, 0) is 43.0 Å². The highest BCUT2D eigenvalue weighted by molar-refractivity contribution is 7.89. The molecule has 3 aromatic rings. The van der Waals surface area contributed by atoms with Crippen molar-refractivity contribution in [2.45, 2.75) is 37.1 Å². The summed E-state index contributed by atoms with van der Waals surface area (Å²) in [5, 5.41) is 13.4. The van der Waals surface area contributed by atoms with E-state index >= 15 is 0 Å². The van der Waals surface area contributed by atoms with Crippen LogP contribution in [-0.4, -0.2) is 24.1 Å². The zero-order valence-corrected chi connectivity index (χ0v) is 16.2. The van der Waals surface area contributed by atoms with Crippen LogP contribution < -0.4 is 10.5 Å². The highest BCUT2D eigenvalue weighted by Gasteiger charge is 2.23. The first kappa shape index (κ1) is 18.6. The summed E-state index contributed by atoms with van der Waals surface area (Å²) in [6.45, 7) is 0.703. The van der Waals surface area contributed by atoms with Gasteiger partial charge in [-0.3, -0.25) is 9.48 Å². The van der Waals surface area contributed by atoms with E-state index in [0.29, 0.717) is 23.8 Å². The van der Waals surface area contributed by atoms with Crippen LogP contribution >= 0.6 is 0 Å². The molecular formula is C20H22N4O3S. The maximum atomic E-state index is 13.1. The van der Waals surface area contributed by atoms with Crippen molar-refractivity contribution in [3.8, 4) is 0 Å². The van der Waals surface area contributed by atoms with Crippen molar-refractivity contribution in [2.24, 2.45) is 11.1 Å². The minimum atomic E-state index is -3.84. The summed E-state index contributed by atoms with van der Waals surface area (Å²) in [5.74, 6) is 0.199. The molecule has 1 heterocycles. The number of primary sulfonamides is 1. The summed E-state index contributed by atoms with van der Waals surface area (Å²) in [6.07, 6.45) is 4.72. The van der Waals surface area contributed by atoms with Crippen LogP contribution in [0.2, 0.25) is 0 Å². The van der Waals surface area contributed by atoms with E-state index < -0.39 is 10.0 Å². The molecule has 1 fully saturated rings. The van der Waals surface area contributed by atoms with Crippen molar-refractivity contribution in [1.29, 1.82) is 0 Å². The van der Waals surface area contributed by atoms with E-state index in [9.17, 15) is 13.2 Å². The molecular weight excluding hydrogens is 376 g/mol. The van der Waals surface area contributed by atoms with E-state index in [4.69, 9.17) is 5.14 Å². The number of nitrogens with one attached hydrogen (secondary N) is 1. The number of nitrogens with two attached hydrogens (primary N) is 1. The van der Waals surface area contributed by atoms with Gasteiger partial charge < -0.3 is 5.32 Å². The lowest BCUT2D eigenvalue weighted by molar-refractivity contribution is 0.101. The smallest absolute Gasteiger partial charge is 0.274 e. The number of carbonyl (C=O) groups excluding carboxylic acids is 1. The highest BCUT2D eigenvalue weighted by atomic mass is 32.2. The van der Waals surface area contributed by atoms with Crippen molar-refractivity contribution in [2.75, 3.05) is 5.32 Å². The Bertz CT molecular complexity index is 1130. The number of carbonyl (C=O) groups is 1. The molecule has 0 bridgehead atoms. The molecule has 0 saturated heterocycles. The topological polar surface area (TPSA) is 107 Å². The Morgan fingerprint density at radius 3 is 2.64 bits per heavy atom. The molecule has 1 aromatic heterocycles. The number of fused-ring (bicyclic) bond motifs is 1. The Kier molecular flexibility index (Phi) is 4.91. The maximum Gasteiger partial charge on any atom is 0.274 e. The zero-order chi connectivity index (χ0) is 19.7. The zero-order valence-electron chi connectivity index (χ0n) is 15.3. The van der Waals surface area contributed by atoms with E-state index in [1.54, 1.807) is 16.8 Å². The average Bonchev–Trinajstić information content (AvgIpc) is 3.28. The Morgan fingerprint density at radius 1 is 1.14 bits per heavy atom. The molecule has 1 aliphatic carbocycles. The first-order valence-electron chi connectivity index (χ1n) is 9.31. The summed E-state index contributed by atoms with van der Waals surface area (Å²) < 4.78 is 24.9. The van der Waals surface area contributed by atoms with Gasteiger partial charge in [-0.25, -0.2) is 13.6 Å². The van der Waals surface area contributed by atoms with Gasteiger partial charge in [-0.1, -0.05) is 37.1 Å². The van der Waals surface area contributed by atoms with Crippen LogP contribution in [0.1, 0.15) is 36.2 Å². The number of sulfonamides is 1. The molecule has 8 heteroatoms. The van der Waals surface area contributed by atoms with E-state index in [1.807, 2.05) is 24.3 Å². The lowest BCUT2D eigenvalue weighted by Crippen LogP contribution is -2.20. The summed E-state index contributed by atoms with van der Waals surface area (Å²) in [6, 6.07) is 13.5. The third kappa shape index (κ3) is 3.79. The average molecular weight is 398 g/mol. The second-order valence-corrected chi connectivity index (χ2v) is 8.79. The molecule has 146 valence electrons. The van der Waals surface area contributed by atoms with Gasteiger partial charge in [-0.2, -0.15) is 5.10 Å². The normalized spacial score (nSPS) is 15.2. The van der Waals surface area contributed by atoms with Crippen molar-refractivity contribution < 1.29 is 13.2 Å². The van der Waals surface area contributed by atoms with Crippen LogP contribution in [0.3, 0.4) is 0 Å². The van der Waals surface area contributed by atoms with Crippen molar-refractivity contribution >= 4 is 32.5 Å². The monoisotopic (exact) mass is 398 g/mol. The Balaban J connectivity index is 1.68. The number of aromatic nitrogens is 2. The summed E-state index contributed by atoms with van der Waals surface area (Å²) in [5.41, 5.74) is 1.63. The number of anilines is 1. The van der Waals surface area contributed by atoms with Gasteiger partial charge in [0.15, 0.2) is 0 Å². The van der Waals surface area contributed by atoms with E-state index in [0.717, 1.165) is 23.7 Å². The van der Waals surface area contributed by atoms with Crippen molar-refractivity contribution in [3.63, 3.8) is 0 Å². The molecule has 28 heavy (non-hydrogen) atoms. The minimum Gasteiger partial charge on any atom is -0.321 e. The lowest BCUT2D eigenvalue weighted by atomic mass is 10.1. The van der Waals surface area contributed by atoms with E-state index in [-0.39, 0.29) is 10.8 Å². The van der Waals surface area contributed by atoms with Crippen LogP contribution in [0, 0.1) is 5.92 Å². The fourth-order valence-corrected chi connectivity index (χ4v) is 4.39. The predicted molar refractivity (Wildman–Crippen MR) is 107 cm³/mol. The summed E-state index contributed by atoms with van der Waals surface area (Å²) in [7, 11) is -3.84. The first-order chi connectivity index (χ1) is 13.4. The van der Waals surface area contributed by atoms with Crippen molar-refractivity contribution in [1.82, 2.24) is 9.78 Å². The number of benzene rings is 2. The fourth-order valence-electron chi connectivity index (χ4n) is 3.83. The molecule has 3 N–H and O–H groups in total. The van der Waals surface area contributed by atoms with Crippen molar-refractivity contribution in [3.05, 3.63) is 54.2 Å². The molecule has 1 aliphatic rings. The van der Waals surface area contributed by atoms with Gasteiger partial charge in [-0.15, -0.1) is 0 Å². The standard InChI is InChI=1S/C20H22N4O3S/c21-28(26,27)16-9-5-8-15(12-16)22-20(25)19-17-10-3-4-11-18(17)23-24(19)13-14-6-1-2-7-14/h3-5,8-12,14H,1-2,6-7,13H2,(H,22,25)(H2,21,26,27). The maximum absolute atomic E-state index is 13.1. The van der Waals surface area contributed by atoms with Crippen LogP contribution in [0.4, 0.5) is 5.69 Å². The van der Waals surface area contributed by atoms with Crippen LogP contribution in [0.5, 0.6) is 0 Å². The second kappa shape index (κ2) is 7.37. The molecule has 0 unspecified atom stereocenters. The molecule has 1 amide bonds. The number of amides is 1. The van der Waals surface area contributed by atoms with Crippen LogP contribution in [-0.2, 0) is 16.6 Å². The molecule has 2 aromatic carbocycles. The third-order valence-corrected chi connectivity index (χ3v) is 6.10. The number of hydrogen-bond donors (Lipinski definition) is 2. The fraction of sp³-hybridized carbons (Fsp3) is 0.300. The predicted octanol–water partition coefficient (Wildman–Crippen LogP) is 3.13. The highest BCUT2D eigenvalue weighted by Crippen LogP contribution is 2.28. The van der Waals surface area contributed by atoms with E-state index in [2.05, 4.69) is 10.4 Å². The molecule has 1 saturated carbocycles.